The number of carboxylic acid groups (broad SMARTS) is 1. The molecule has 1 saturated heterocycles. The molecule has 1 fully saturated rings. The molecule has 0 amide bonds. The van der Waals surface area contributed by atoms with E-state index in [0.29, 0.717) is 12.2 Å². The van der Waals surface area contributed by atoms with Gasteiger partial charge in [-0.05, 0) is 20.0 Å². The maximum Gasteiger partial charge on any atom is 0.338 e. The summed E-state index contributed by atoms with van der Waals surface area (Å²) >= 11 is 0. The van der Waals surface area contributed by atoms with Crippen LogP contribution in [0.2, 0.25) is 0 Å². The molecule has 0 aromatic heterocycles. The summed E-state index contributed by atoms with van der Waals surface area (Å²) in [6.07, 6.45) is 0. The normalized spacial score (nSPS) is 19.9. The maximum atomic E-state index is 11.4. The van der Waals surface area contributed by atoms with Crippen LogP contribution in [-0.2, 0) is 0 Å². The molecule has 0 saturated carbocycles. The van der Waals surface area contributed by atoms with Crippen molar-refractivity contribution in [2.45, 2.75) is 13.0 Å². The van der Waals surface area contributed by atoms with Crippen LogP contribution in [0.3, 0.4) is 0 Å². The van der Waals surface area contributed by atoms with Gasteiger partial charge in [0.2, 0.25) is 0 Å². The van der Waals surface area contributed by atoms with Crippen LogP contribution >= 0.6 is 0 Å². The number of likely N-dealkylation sites (N-methyl/N-ethyl adjacent to an activating group) is 1. The number of nitro groups is 1. The van der Waals surface area contributed by atoms with Gasteiger partial charge in [-0.15, -0.1) is 0 Å². The van der Waals surface area contributed by atoms with Gasteiger partial charge in [-0.2, -0.15) is 0 Å². The Bertz CT molecular complexity index is 546. The van der Waals surface area contributed by atoms with E-state index in [9.17, 15) is 20.0 Å². The topological polar surface area (TPSA) is 86.9 Å². The van der Waals surface area contributed by atoms with E-state index in [1.165, 1.54) is 12.1 Å². The van der Waals surface area contributed by atoms with Crippen LogP contribution in [0.4, 0.5) is 11.4 Å². The van der Waals surface area contributed by atoms with Gasteiger partial charge in [-0.25, -0.2) is 4.79 Å². The first kappa shape index (κ1) is 14.3. The molecule has 0 spiro atoms. The highest BCUT2D eigenvalue weighted by atomic mass is 16.6. The largest absolute Gasteiger partial charge is 0.478 e. The number of nitrogens with zero attached hydrogens (tertiary/aromatic N) is 3. The van der Waals surface area contributed by atoms with Gasteiger partial charge in [-0.1, -0.05) is 0 Å². The first-order valence-electron chi connectivity index (χ1n) is 6.37. The highest BCUT2D eigenvalue weighted by molar-refractivity contribution is 5.95. The van der Waals surface area contributed by atoms with Crippen LogP contribution < -0.4 is 4.90 Å². The van der Waals surface area contributed by atoms with Gasteiger partial charge in [0.25, 0.3) is 5.69 Å². The van der Waals surface area contributed by atoms with Gasteiger partial charge in [0, 0.05) is 37.8 Å². The minimum absolute atomic E-state index is 0.0180. The standard InChI is InChI=1S/C13H17N3O4/c1-9-8-14(2)5-6-15(9)12-4-3-10(16(19)20)7-11(12)13(17)18/h3-4,7,9H,5-6,8H2,1-2H3,(H,17,18). The van der Waals surface area contributed by atoms with E-state index >= 15 is 0 Å². The zero-order valence-corrected chi connectivity index (χ0v) is 11.4. The second-order valence-electron chi connectivity index (χ2n) is 5.07. The van der Waals surface area contributed by atoms with E-state index < -0.39 is 10.9 Å². The molecular weight excluding hydrogens is 262 g/mol. The molecule has 1 aliphatic heterocycles. The summed E-state index contributed by atoms with van der Waals surface area (Å²) in [6, 6.07) is 4.17. The molecular formula is C13H17N3O4. The van der Waals surface area contributed by atoms with Crippen LogP contribution in [0.5, 0.6) is 0 Å². The summed E-state index contributed by atoms with van der Waals surface area (Å²) in [5.74, 6) is -1.14. The first-order valence-corrected chi connectivity index (χ1v) is 6.37. The van der Waals surface area contributed by atoms with Crippen molar-refractivity contribution < 1.29 is 14.8 Å². The molecule has 7 heteroatoms. The van der Waals surface area contributed by atoms with Crippen molar-refractivity contribution in [3.8, 4) is 0 Å². The third kappa shape index (κ3) is 2.72. The fraction of sp³-hybridized carbons (Fsp3) is 0.462. The van der Waals surface area contributed by atoms with Crippen LogP contribution in [-0.4, -0.2) is 53.6 Å². The van der Waals surface area contributed by atoms with Crippen molar-refractivity contribution in [3.63, 3.8) is 0 Å². The fourth-order valence-corrected chi connectivity index (χ4v) is 2.56. The zero-order valence-electron chi connectivity index (χ0n) is 11.4. The second kappa shape index (κ2) is 5.46. The number of piperazine rings is 1. The van der Waals surface area contributed by atoms with E-state index in [4.69, 9.17) is 0 Å². The van der Waals surface area contributed by atoms with Gasteiger partial charge in [0.15, 0.2) is 0 Å². The third-order valence-corrected chi connectivity index (χ3v) is 3.56. The van der Waals surface area contributed by atoms with E-state index in [-0.39, 0.29) is 17.3 Å². The molecule has 108 valence electrons. The number of anilines is 1. The SMILES string of the molecule is CC1CN(C)CCN1c1ccc([N+](=O)[O-])cc1C(=O)O. The summed E-state index contributed by atoms with van der Waals surface area (Å²) in [4.78, 5) is 25.7. The second-order valence-corrected chi connectivity index (χ2v) is 5.07. The van der Waals surface area contributed by atoms with E-state index in [1.807, 2.05) is 18.9 Å². The predicted octanol–water partition coefficient (Wildman–Crippen LogP) is 1.43. The smallest absolute Gasteiger partial charge is 0.338 e. The summed E-state index contributed by atoms with van der Waals surface area (Å²) in [5.41, 5.74) is 0.326. The van der Waals surface area contributed by atoms with Gasteiger partial charge in [0.05, 0.1) is 16.2 Å². The lowest BCUT2D eigenvalue weighted by atomic mass is 10.1. The minimum Gasteiger partial charge on any atom is -0.478 e. The lowest BCUT2D eigenvalue weighted by molar-refractivity contribution is -0.384. The Morgan fingerprint density at radius 1 is 1.45 bits per heavy atom. The highest BCUT2D eigenvalue weighted by Crippen LogP contribution is 2.28. The van der Waals surface area contributed by atoms with E-state index in [1.54, 1.807) is 0 Å². The molecule has 20 heavy (non-hydrogen) atoms. The number of aromatic carboxylic acids is 1. The highest BCUT2D eigenvalue weighted by Gasteiger charge is 2.26. The fourth-order valence-electron chi connectivity index (χ4n) is 2.56. The monoisotopic (exact) mass is 279 g/mol. The number of carboxylic acids is 1. The molecule has 1 aromatic carbocycles. The van der Waals surface area contributed by atoms with Gasteiger partial charge >= 0.3 is 5.97 Å². The van der Waals surface area contributed by atoms with Crippen molar-refractivity contribution in [2.75, 3.05) is 31.6 Å². The quantitative estimate of drug-likeness (QED) is 0.665. The maximum absolute atomic E-state index is 11.4. The number of nitro benzene ring substituents is 1. The summed E-state index contributed by atoms with van der Waals surface area (Å²) in [6.45, 7) is 4.38. The number of hydrogen-bond acceptors (Lipinski definition) is 5. The molecule has 7 nitrogen and oxygen atoms in total. The third-order valence-electron chi connectivity index (χ3n) is 3.56. The zero-order chi connectivity index (χ0) is 14.9. The Morgan fingerprint density at radius 2 is 2.15 bits per heavy atom. The van der Waals surface area contributed by atoms with E-state index in [2.05, 4.69) is 4.90 Å². The Balaban J connectivity index is 2.40. The molecule has 1 atom stereocenters. The average Bonchev–Trinajstić information content (AvgIpc) is 2.38. The number of benzene rings is 1. The van der Waals surface area contributed by atoms with Crippen molar-refractivity contribution in [1.29, 1.82) is 0 Å². The summed E-state index contributed by atoms with van der Waals surface area (Å²) < 4.78 is 0. The molecule has 1 heterocycles. The first-order chi connectivity index (χ1) is 9.40. The molecule has 1 aliphatic rings. The van der Waals surface area contributed by atoms with Gasteiger partial charge in [0.1, 0.15) is 0 Å². The van der Waals surface area contributed by atoms with E-state index in [0.717, 1.165) is 19.2 Å². The Hall–Kier alpha value is -2.15. The van der Waals surface area contributed by atoms with Crippen molar-refractivity contribution in [3.05, 3.63) is 33.9 Å². The molecule has 1 aromatic rings. The summed E-state index contributed by atoms with van der Waals surface area (Å²) in [5, 5.41) is 20.0. The lowest BCUT2D eigenvalue weighted by Crippen LogP contribution is -2.50. The van der Waals surface area contributed by atoms with Gasteiger partial charge in [-0.3, -0.25) is 10.1 Å². The molecule has 1 N–H and O–H groups in total. The molecule has 0 bridgehead atoms. The lowest BCUT2D eigenvalue weighted by Gasteiger charge is -2.40. The van der Waals surface area contributed by atoms with Gasteiger partial charge < -0.3 is 14.9 Å². The number of rotatable bonds is 3. The van der Waals surface area contributed by atoms with Crippen LogP contribution in [0, 0.1) is 10.1 Å². The number of non-ortho nitro benzene ring substituents is 1. The predicted molar refractivity (Wildman–Crippen MR) is 74.4 cm³/mol. The Morgan fingerprint density at radius 3 is 2.70 bits per heavy atom. The van der Waals surface area contributed by atoms with Crippen LogP contribution in [0.1, 0.15) is 17.3 Å². The van der Waals surface area contributed by atoms with Crippen molar-refractivity contribution >= 4 is 17.3 Å². The van der Waals surface area contributed by atoms with Crippen LogP contribution in [0.15, 0.2) is 18.2 Å². The molecule has 1 unspecified atom stereocenters. The molecule has 2 rings (SSSR count). The Labute approximate surface area is 116 Å². The average molecular weight is 279 g/mol. The molecule has 0 radical (unpaired) electrons. The molecule has 0 aliphatic carbocycles. The van der Waals surface area contributed by atoms with Crippen molar-refractivity contribution in [1.82, 2.24) is 4.90 Å². The minimum atomic E-state index is -1.14. The number of hydrogen-bond donors (Lipinski definition) is 1. The summed E-state index contributed by atoms with van der Waals surface area (Å²) in [7, 11) is 2.02. The number of carbonyl (C=O) groups is 1. The Kier molecular flexibility index (Phi) is 3.89. The van der Waals surface area contributed by atoms with Crippen LogP contribution in [0.25, 0.3) is 0 Å². The van der Waals surface area contributed by atoms with Crippen molar-refractivity contribution in [2.24, 2.45) is 0 Å².